The van der Waals surface area contributed by atoms with Crippen molar-refractivity contribution in [2.45, 2.75) is 25.9 Å². The molecule has 1 unspecified atom stereocenters. The second-order valence-electron chi connectivity index (χ2n) is 4.80. The van der Waals surface area contributed by atoms with Crippen LogP contribution in [0.1, 0.15) is 29.4 Å². The number of primary amides is 1. The highest BCUT2D eigenvalue weighted by atomic mass is 32.1. The molecular weight excluding hydrogens is 250 g/mol. The Morgan fingerprint density at radius 1 is 1.56 bits per heavy atom. The second kappa shape index (κ2) is 5.16. The molecule has 1 amide bonds. The van der Waals surface area contributed by atoms with Crippen LogP contribution in [0.25, 0.3) is 0 Å². The first-order valence-electron chi connectivity index (χ1n) is 6.11. The van der Waals surface area contributed by atoms with E-state index in [4.69, 9.17) is 11.5 Å². The second-order valence-corrected chi connectivity index (χ2v) is 5.83. The van der Waals surface area contributed by atoms with Crippen LogP contribution >= 0.6 is 11.3 Å². The van der Waals surface area contributed by atoms with E-state index < -0.39 is 5.91 Å². The number of hydrogen-bond donors (Lipinski definition) is 3. The number of aliphatic hydroxyl groups is 1. The number of amides is 1. The Morgan fingerprint density at radius 2 is 2.17 bits per heavy atom. The van der Waals surface area contributed by atoms with Crippen LogP contribution in [0.2, 0.25) is 0 Å². The van der Waals surface area contributed by atoms with Gasteiger partial charge in [-0.25, -0.2) is 0 Å². The molecule has 0 radical (unpaired) electrons. The van der Waals surface area contributed by atoms with E-state index in [1.54, 1.807) is 0 Å². The molecule has 0 aliphatic carbocycles. The zero-order valence-electron chi connectivity index (χ0n) is 10.4. The zero-order valence-corrected chi connectivity index (χ0v) is 11.2. The van der Waals surface area contributed by atoms with Crippen molar-refractivity contribution in [2.75, 3.05) is 23.7 Å². The fourth-order valence-electron chi connectivity index (χ4n) is 2.34. The number of nitrogen functional groups attached to an aromatic ring is 1. The lowest BCUT2D eigenvalue weighted by Gasteiger charge is -2.33. The molecule has 1 aliphatic rings. The van der Waals surface area contributed by atoms with E-state index in [9.17, 15) is 9.90 Å². The maximum absolute atomic E-state index is 11.2. The molecule has 0 saturated carbocycles. The molecule has 1 aromatic rings. The molecule has 1 saturated heterocycles. The highest BCUT2D eigenvalue weighted by molar-refractivity contribution is 7.18. The average molecular weight is 269 g/mol. The van der Waals surface area contributed by atoms with E-state index >= 15 is 0 Å². The van der Waals surface area contributed by atoms with Crippen molar-refractivity contribution in [2.24, 2.45) is 11.7 Å². The summed E-state index contributed by atoms with van der Waals surface area (Å²) in [6.07, 6.45) is 1.67. The average Bonchev–Trinajstić information content (AvgIpc) is 2.71. The van der Waals surface area contributed by atoms with Gasteiger partial charge in [0.2, 0.25) is 0 Å². The molecule has 0 bridgehead atoms. The summed E-state index contributed by atoms with van der Waals surface area (Å²) in [5, 5.41) is 10.5. The Balaban J connectivity index is 2.06. The number of anilines is 2. The van der Waals surface area contributed by atoms with Crippen LogP contribution < -0.4 is 16.4 Å². The van der Waals surface area contributed by atoms with E-state index in [2.05, 4.69) is 4.90 Å². The van der Waals surface area contributed by atoms with E-state index in [0.29, 0.717) is 16.5 Å². The zero-order chi connectivity index (χ0) is 13.3. The topological polar surface area (TPSA) is 92.6 Å². The quantitative estimate of drug-likeness (QED) is 0.764. The van der Waals surface area contributed by atoms with Crippen molar-refractivity contribution in [1.82, 2.24) is 0 Å². The maximum atomic E-state index is 11.2. The van der Waals surface area contributed by atoms with Crippen molar-refractivity contribution in [3.8, 4) is 0 Å². The molecule has 100 valence electrons. The summed E-state index contributed by atoms with van der Waals surface area (Å²) < 4.78 is 0. The molecule has 2 rings (SSSR count). The lowest BCUT2D eigenvalue weighted by molar-refractivity contribution is 0.100. The maximum Gasteiger partial charge on any atom is 0.260 e. The van der Waals surface area contributed by atoms with Gasteiger partial charge in [0.15, 0.2) is 0 Å². The number of aliphatic hydroxyl groups excluding tert-OH is 1. The minimum Gasteiger partial charge on any atom is -0.397 e. The van der Waals surface area contributed by atoms with Crippen LogP contribution in [0.4, 0.5) is 10.7 Å². The number of nitrogens with zero attached hydrogens (tertiary/aromatic N) is 1. The van der Waals surface area contributed by atoms with Gasteiger partial charge in [-0.05, 0) is 31.7 Å². The number of thiophene rings is 1. The Hall–Kier alpha value is -1.27. The third-order valence-electron chi connectivity index (χ3n) is 3.51. The molecule has 1 aliphatic heterocycles. The minimum absolute atomic E-state index is 0.248. The van der Waals surface area contributed by atoms with Gasteiger partial charge in [0.25, 0.3) is 5.91 Å². The number of carbonyl (C=O) groups excluding carboxylic acids is 1. The number of piperidine rings is 1. The summed E-state index contributed by atoms with van der Waals surface area (Å²) in [7, 11) is 0. The first-order valence-corrected chi connectivity index (χ1v) is 6.93. The smallest absolute Gasteiger partial charge is 0.260 e. The lowest BCUT2D eigenvalue weighted by atomic mass is 9.92. The van der Waals surface area contributed by atoms with Gasteiger partial charge >= 0.3 is 0 Å². The van der Waals surface area contributed by atoms with Crippen LogP contribution in [-0.2, 0) is 0 Å². The van der Waals surface area contributed by atoms with E-state index in [-0.39, 0.29) is 6.10 Å². The number of hydrogen-bond acceptors (Lipinski definition) is 5. The minimum atomic E-state index is -0.470. The van der Waals surface area contributed by atoms with Gasteiger partial charge in [-0.3, -0.25) is 4.79 Å². The first kappa shape index (κ1) is 13.2. The van der Waals surface area contributed by atoms with Crippen molar-refractivity contribution in [1.29, 1.82) is 0 Å². The van der Waals surface area contributed by atoms with E-state index in [1.807, 2.05) is 13.0 Å². The van der Waals surface area contributed by atoms with Crippen LogP contribution in [-0.4, -0.2) is 30.2 Å². The van der Waals surface area contributed by atoms with Crippen molar-refractivity contribution in [3.05, 3.63) is 10.9 Å². The molecule has 1 aromatic heterocycles. The highest BCUT2D eigenvalue weighted by Crippen LogP contribution is 2.34. The Bertz CT molecular complexity index is 437. The summed E-state index contributed by atoms with van der Waals surface area (Å²) in [6.45, 7) is 3.61. The van der Waals surface area contributed by atoms with Crippen molar-refractivity contribution in [3.63, 3.8) is 0 Å². The van der Waals surface area contributed by atoms with Gasteiger partial charge in [-0.2, -0.15) is 0 Å². The van der Waals surface area contributed by atoms with Crippen LogP contribution in [0.3, 0.4) is 0 Å². The monoisotopic (exact) mass is 269 g/mol. The Labute approximate surface area is 110 Å². The van der Waals surface area contributed by atoms with Crippen molar-refractivity contribution < 1.29 is 9.90 Å². The predicted octanol–water partition coefficient (Wildman–Crippen LogP) is 1.03. The SMILES string of the molecule is CC(O)C1CCN(c2cc(N)c(C(N)=O)s2)CC1. The molecule has 2 heterocycles. The van der Waals surface area contributed by atoms with Crippen molar-refractivity contribution >= 4 is 27.9 Å². The molecule has 5 nitrogen and oxygen atoms in total. The molecule has 0 spiro atoms. The van der Waals surface area contributed by atoms with Gasteiger partial charge in [-0.15, -0.1) is 11.3 Å². The Morgan fingerprint density at radius 3 is 2.61 bits per heavy atom. The normalized spacial score (nSPS) is 18.9. The number of carbonyl (C=O) groups is 1. The summed E-state index contributed by atoms with van der Waals surface area (Å²) >= 11 is 1.35. The van der Waals surface area contributed by atoms with E-state index in [0.717, 1.165) is 30.9 Å². The molecule has 18 heavy (non-hydrogen) atoms. The summed E-state index contributed by atoms with van der Waals surface area (Å²) in [6, 6.07) is 1.81. The van der Waals surface area contributed by atoms with E-state index in [1.165, 1.54) is 11.3 Å². The van der Waals surface area contributed by atoms with Gasteiger partial charge < -0.3 is 21.5 Å². The number of rotatable bonds is 3. The summed E-state index contributed by atoms with van der Waals surface area (Å²) in [4.78, 5) is 13.8. The fraction of sp³-hybridized carbons (Fsp3) is 0.583. The molecule has 1 atom stereocenters. The highest BCUT2D eigenvalue weighted by Gasteiger charge is 2.24. The third-order valence-corrected chi connectivity index (χ3v) is 4.73. The lowest BCUT2D eigenvalue weighted by Crippen LogP contribution is -2.36. The molecule has 5 N–H and O–H groups in total. The predicted molar refractivity (Wildman–Crippen MR) is 73.9 cm³/mol. The molecule has 0 aromatic carbocycles. The van der Waals surface area contributed by atoms with Crippen LogP contribution in [0, 0.1) is 5.92 Å². The first-order chi connectivity index (χ1) is 8.49. The molecule has 6 heteroatoms. The van der Waals surface area contributed by atoms with Crippen LogP contribution in [0.15, 0.2) is 6.07 Å². The van der Waals surface area contributed by atoms with Crippen LogP contribution in [0.5, 0.6) is 0 Å². The Kier molecular flexibility index (Phi) is 3.77. The largest absolute Gasteiger partial charge is 0.397 e. The standard InChI is InChI=1S/C12H19N3O2S/c1-7(16)8-2-4-15(5-3-8)10-6-9(13)11(18-10)12(14)17/h6-8,16H,2-5,13H2,1H3,(H2,14,17). The van der Waals surface area contributed by atoms with Gasteiger partial charge in [0, 0.05) is 13.1 Å². The van der Waals surface area contributed by atoms with Gasteiger partial charge in [0.1, 0.15) is 4.88 Å². The summed E-state index contributed by atoms with van der Waals surface area (Å²) in [5.41, 5.74) is 11.5. The third kappa shape index (κ3) is 2.59. The summed E-state index contributed by atoms with van der Waals surface area (Å²) in [5.74, 6) is -0.100. The number of nitrogens with two attached hydrogens (primary N) is 2. The van der Waals surface area contributed by atoms with Gasteiger partial charge in [-0.1, -0.05) is 0 Å². The fourth-order valence-corrected chi connectivity index (χ4v) is 3.33. The molecule has 1 fully saturated rings. The molecular formula is C12H19N3O2S. The van der Waals surface area contributed by atoms with Gasteiger partial charge in [0.05, 0.1) is 16.8 Å².